The van der Waals surface area contributed by atoms with Crippen molar-refractivity contribution in [3.05, 3.63) is 34.9 Å². The molecule has 1 atom stereocenters. The Kier molecular flexibility index (Phi) is 5.62. The van der Waals surface area contributed by atoms with Crippen LogP contribution < -0.4 is 16.4 Å². The number of imide groups is 1. The smallest absolute Gasteiger partial charge is 0.255 e. The maximum absolute atomic E-state index is 13.0. The highest BCUT2D eigenvalue weighted by atomic mass is 16.2. The molecule has 4 N–H and O–H groups in total. The highest BCUT2D eigenvalue weighted by Crippen LogP contribution is 2.29. The van der Waals surface area contributed by atoms with Crippen molar-refractivity contribution in [3.8, 4) is 0 Å². The minimum Gasteiger partial charge on any atom is -0.326 e. The van der Waals surface area contributed by atoms with Crippen LogP contribution in [0.25, 0.3) is 0 Å². The molecule has 0 aromatic heterocycles. The van der Waals surface area contributed by atoms with E-state index in [1.54, 1.807) is 4.90 Å². The van der Waals surface area contributed by atoms with Gasteiger partial charge in [-0.1, -0.05) is 18.2 Å². The van der Waals surface area contributed by atoms with E-state index in [0.29, 0.717) is 25.1 Å². The number of hydrogen-bond donors (Lipinski definition) is 3. The number of rotatable bonds is 7. The quantitative estimate of drug-likeness (QED) is 0.490. The Morgan fingerprint density at radius 3 is 2.78 bits per heavy atom. The van der Waals surface area contributed by atoms with Gasteiger partial charge < -0.3 is 16.0 Å². The fourth-order valence-electron chi connectivity index (χ4n) is 3.73. The van der Waals surface area contributed by atoms with Crippen molar-refractivity contribution >= 4 is 17.7 Å². The molecule has 0 saturated carbocycles. The molecule has 2 aliphatic heterocycles. The van der Waals surface area contributed by atoms with Gasteiger partial charge in [0.1, 0.15) is 6.04 Å². The summed E-state index contributed by atoms with van der Waals surface area (Å²) in [5.41, 5.74) is 8.39. The highest BCUT2D eigenvalue weighted by molar-refractivity contribution is 6.05. The number of nitrogens with one attached hydrogen (secondary N) is 2. The SMILES string of the molecule is CC(C)(N)CCCNCc1cccc2c1C(=O)N(C1CCC(=O)NC1=O)C2. The number of benzene rings is 1. The Morgan fingerprint density at radius 1 is 1.30 bits per heavy atom. The predicted molar refractivity (Wildman–Crippen MR) is 102 cm³/mol. The number of nitrogens with zero attached hydrogens (tertiary/aromatic N) is 1. The van der Waals surface area contributed by atoms with Gasteiger partial charge in [-0.15, -0.1) is 0 Å². The number of fused-ring (bicyclic) bond motifs is 1. The summed E-state index contributed by atoms with van der Waals surface area (Å²) >= 11 is 0. The first-order valence-corrected chi connectivity index (χ1v) is 9.51. The lowest BCUT2D eigenvalue weighted by atomic mass is 10.00. The van der Waals surface area contributed by atoms with E-state index in [-0.39, 0.29) is 29.7 Å². The lowest BCUT2D eigenvalue weighted by Crippen LogP contribution is -2.52. The average Bonchev–Trinajstić information content (AvgIpc) is 2.91. The van der Waals surface area contributed by atoms with Crippen LogP contribution in [-0.2, 0) is 22.7 Å². The van der Waals surface area contributed by atoms with Crippen molar-refractivity contribution in [1.82, 2.24) is 15.5 Å². The molecule has 1 aromatic rings. The zero-order chi connectivity index (χ0) is 19.6. The van der Waals surface area contributed by atoms with E-state index in [1.165, 1.54) is 0 Å². The predicted octanol–water partition coefficient (Wildman–Crippen LogP) is 1.05. The molecule has 0 aliphatic carbocycles. The minimum atomic E-state index is -0.574. The molecule has 1 unspecified atom stereocenters. The largest absolute Gasteiger partial charge is 0.326 e. The maximum Gasteiger partial charge on any atom is 0.255 e. The van der Waals surface area contributed by atoms with E-state index in [0.717, 1.165) is 30.5 Å². The molecule has 146 valence electrons. The van der Waals surface area contributed by atoms with E-state index >= 15 is 0 Å². The van der Waals surface area contributed by atoms with E-state index in [9.17, 15) is 14.4 Å². The minimum absolute atomic E-state index is 0.125. The van der Waals surface area contributed by atoms with Gasteiger partial charge in [-0.05, 0) is 50.8 Å². The second-order valence-corrected chi connectivity index (χ2v) is 8.12. The third-order valence-electron chi connectivity index (χ3n) is 5.13. The lowest BCUT2D eigenvalue weighted by molar-refractivity contribution is -0.136. The second kappa shape index (κ2) is 7.78. The van der Waals surface area contributed by atoms with Crippen molar-refractivity contribution < 1.29 is 14.4 Å². The maximum atomic E-state index is 13.0. The molecule has 1 fully saturated rings. The van der Waals surface area contributed by atoms with Gasteiger partial charge >= 0.3 is 0 Å². The van der Waals surface area contributed by atoms with Gasteiger partial charge in [-0.2, -0.15) is 0 Å². The van der Waals surface area contributed by atoms with Crippen LogP contribution in [0.1, 0.15) is 61.0 Å². The summed E-state index contributed by atoms with van der Waals surface area (Å²) in [5.74, 6) is -0.776. The Balaban J connectivity index is 1.64. The first kappa shape index (κ1) is 19.5. The van der Waals surface area contributed by atoms with Crippen LogP contribution in [0.5, 0.6) is 0 Å². The summed E-state index contributed by atoms with van der Waals surface area (Å²) < 4.78 is 0. The van der Waals surface area contributed by atoms with Crippen LogP contribution >= 0.6 is 0 Å². The van der Waals surface area contributed by atoms with Crippen LogP contribution in [0.2, 0.25) is 0 Å². The molecule has 27 heavy (non-hydrogen) atoms. The Hall–Kier alpha value is -2.25. The molecule has 1 saturated heterocycles. The molecule has 7 nitrogen and oxygen atoms in total. The van der Waals surface area contributed by atoms with Gasteiger partial charge in [-0.3, -0.25) is 19.7 Å². The average molecular weight is 372 g/mol. The third kappa shape index (κ3) is 4.54. The van der Waals surface area contributed by atoms with Crippen molar-refractivity contribution in [1.29, 1.82) is 0 Å². The number of piperidine rings is 1. The van der Waals surface area contributed by atoms with Gasteiger partial charge in [0.2, 0.25) is 11.8 Å². The van der Waals surface area contributed by atoms with Crippen LogP contribution in [0.3, 0.4) is 0 Å². The Labute approximate surface area is 159 Å². The van der Waals surface area contributed by atoms with Crippen LogP contribution in [0.15, 0.2) is 18.2 Å². The van der Waals surface area contributed by atoms with E-state index in [2.05, 4.69) is 10.6 Å². The van der Waals surface area contributed by atoms with Crippen molar-refractivity contribution in [2.24, 2.45) is 5.73 Å². The monoisotopic (exact) mass is 372 g/mol. The summed E-state index contributed by atoms with van der Waals surface area (Å²) in [6.07, 6.45) is 2.54. The van der Waals surface area contributed by atoms with Crippen molar-refractivity contribution in [2.75, 3.05) is 6.54 Å². The summed E-state index contributed by atoms with van der Waals surface area (Å²) in [4.78, 5) is 38.1. The van der Waals surface area contributed by atoms with E-state index in [4.69, 9.17) is 5.73 Å². The molecule has 7 heteroatoms. The zero-order valence-corrected chi connectivity index (χ0v) is 16.0. The molecule has 2 heterocycles. The van der Waals surface area contributed by atoms with Crippen LogP contribution in [0, 0.1) is 0 Å². The summed E-state index contributed by atoms with van der Waals surface area (Å²) in [7, 11) is 0. The first-order valence-electron chi connectivity index (χ1n) is 9.51. The topological polar surface area (TPSA) is 105 Å². The molecular weight excluding hydrogens is 344 g/mol. The fraction of sp³-hybridized carbons (Fsp3) is 0.550. The lowest BCUT2D eigenvalue weighted by Gasteiger charge is -2.29. The normalized spacial score (nSPS) is 20.0. The van der Waals surface area contributed by atoms with E-state index < -0.39 is 6.04 Å². The number of carbonyl (C=O) groups excluding carboxylic acids is 3. The standard InChI is InChI=1S/C20H28N4O3/c1-20(2,21)9-4-10-22-11-13-5-3-6-14-12-24(19(27)17(13)14)15-7-8-16(25)23-18(15)26/h3,5-6,15,22H,4,7-12,21H2,1-2H3,(H,23,25,26). The molecule has 0 bridgehead atoms. The van der Waals surface area contributed by atoms with Gasteiger partial charge in [-0.25, -0.2) is 0 Å². The number of nitrogens with two attached hydrogens (primary N) is 1. The highest BCUT2D eigenvalue weighted by Gasteiger charge is 2.39. The van der Waals surface area contributed by atoms with Gasteiger partial charge in [0.15, 0.2) is 0 Å². The molecular formula is C20H28N4O3. The molecule has 2 aliphatic rings. The molecule has 0 spiro atoms. The summed E-state index contributed by atoms with van der Waals surface area (Å²) in [6.45, 7) is 5.87. The summed E-state index contributed by atoms with van der Waals surface area (Å²) in [6, 6.07) is 5.25. The molecule has 3 amide bonds. The van der Waals surface area contributed by atoms with Crippen LogP contribution in [0.4, 0.5) is 0 Å². The van der Waals surface area contributed by atoms with Gasteiger partial charge in [0.05, 0.1) is 0 Å². The van der Waals surface area contributed by atoms with E-state index in [1.807, 2.05) is 32.0 Å². The number of carbonyl (C=O) groups is 3. The van der Waals surface area contributed by atoms with Crippen molar-refractivity contribution in [3.63, 3.8) is 0 Å². The van der Waals surface area contributed by atoms with Crippen molar-refractivity contribution in [2.45, 2.75) is 64.2 Å². The molecule has 0 radical (unpaired) electrons. The first-order chi connectivity index (χ1) is 12.8. The molecule has 3 rings (SSSR count). The van der Waals surface area contributed by atoms with Gasteiger partial charge in [0, 0.05) is 30.6 Å². The number of hydrogen-bond acceptors (Lipinski definition) is 5. The zero-order valence-electron chi connectivity index (χ0n) is 16.0. The Morgan fingerprint density at radius 2 is 2.07 bits per heavy atom. The fourth-order valence-corrected chi connectivity index (χ4v) is 3.73. The number of amides is 3. The van der Waals surface area contributed by atoms with Crippen LogP contribution in [-0.4, -0.2) is 40.7 Å². The van der Waals surface area contributed by atoms with Gasteiger partial charge in [0.25, 0.3) is 5.91 Å². The molecule has 1 aromatic carbocycles. The summed E-state index contributed by atoms with van der Waals surface area (Å²) in [5, 5.41) is 5.72. The Bertz CT molecular complexity index is 754. The third-order valence-corrected chi connectivity index (χ3v) is 5.13. The second-order valence-electron chi connectivity index (χ2n) is 8.12.